The number of carbonyl (C=O) groups excluding carboxylic acids is 2. The maximum Gasteiger partial charge on any atom is 0.271 e. The van der Waals surface area contributed by atoms with Crippen LogP contribution in [0.3, 0.4) is 0 Å². The first-order valence-corrected chi connectivity index (χ1v) is 9.94. The monoisotopic (exact) mass is 411 g/mol. The fraction of sp³-hybridized carbons (Fsp3) is 0.286. The van der Waals surface area contributed by atoms with Crippen LogP contribution < -0.4 is 16.0 Å². The maximum atomic E-state index is 12.6. The molecule has 0 aliphatic carbocycles. The number of fused-ring (bicyclic) bond motifs is 1. The minimum atomic E-state index is -0.280. The predicted octanol–water partition coefficient (Wildman–Crippen LogP) is 2.62. The Morgan fingerprint density at radius 2 is 2.00 bits per heavy atom. The molecule has 0 unspecified atom stereocenters. The van der Waals surface area contributed by atoms with Crippen molar-refractivity contribution < 1.29 is 9.59 Å². The second kappa shape index (κ2) is 8.13. The molecule has 0 radical (unpaired) electrons. The number of anilines is 1. The Morgan fingerprint density at radius 3 is 2.76 bits per heavy atom. The molecule has 1 aliphatic rings. The Balaban J connectivity index is 1.41. The molecule has 1 fully saturated rings. The van der Waals surface area contributed by atoms with Gasteiger partial charge in [-0.15, -0.1) is 0 Å². The topological polar surface area (TPSA) is 92.7 Å². The Morgan fingerprint density at radius 1 is 1.21 bits per heavy atom. The molecule has 2 amide bonds. The first-order chi connectivity index (χ1) is 14.0. The predicted molar refractivity (Wildman–Crippen MR) is 112 cm³/mol. The minimum absolute atomic E-state index is 0.0991. The molecule has 29 heavy (non-hydrogen) atoms. The molecule has 3 N–H and O–H groups in total. The Hall–Kier alpha value is -3.06. The second-order valence-electron chi connectivity index (χ2n) is 7.22. The smallest absolute Gasteiger partial charge is 0.271 e. The van der Waals surface area contributed by atoms with Gasteiger partial charge < -0.3 is 16.0 Å². The van der Waals surface area contributed by atoms with Gasteiger partial charge in [-0.1, -0.05) is 29.8 Å². The molecule has 0 saturated carbocycles. The molecule has 1 aromatic carbocycles. The highest BCUT2D eigenvalue weighted by atomic mass is 35.5. The average Bonchev–Trinajstić information content (AvgIpc) is 3.08. The molecule has 1 atom stereocenters. The lowest BCUT2D eigenvalue weighted by atomic mass is 9.97. The van der Waals surface area contributed by atoms with E-state index in [1.54, 1.807) is 16.7 Å². The van der Waals surface area contributed by atoms with E-state index in [0.717, 1.165) is 30.6 Å². The van der Waals surface area contributed by atoms with E-state index in [9.17, 15) is 9.59 Å². The Labute approximate surface area is 173 Å². The molecule has 4 rings (SSSR count). The van der Waals surface area contributed by atoms with Gasteiger partial charge in [0.15, 0.2) is 10.8 Å². The van der Waals surface area contributed by atoms with E-state index >= 15 is 0 Å². The summed E-state index contributed by atoms with van der Waals surface area (Å²) in [6.07, 6.45) is 3.56. The van der Waals surface area contributed by atoms with Crippen molar-refractivity contribution in [1.29, 1.82) is 0 Å². The van der Waals surface area contributed by atoms with Gasteiger partial charge in [-0.05, 0) is 42.7 Å². The van der Waals surface area contributed by atoms with Gasteiger partial charge in [0.1, 0.15) is 5.65 Å². The summed E-state index contributed by atoms with van der Waals surface area (Å²) in [5, 5.41) is 3.08. The summed E-state index contributed by atoms with van der Waals surface area (Å²) >= 11 is 6.15. The van der Waals surface area contributed by atoms with Crippen LogP contribution >= 0.6 is 11.6 Å². The van der Waals surface area contributed by atoms with Crippen LogP contribution in [-0.4, -0.2) is 34.3 Å². The first kappa shape index (κ1) is 19.3. The number of rotatable bonds is 5. The van der Waals surface area contributed by atoms with Crippen LogP contribution in [-0.2, 0) is 11.3 Å². The zero-order valence-corrected chi connectivity index (χ0v) is 16.6. The molecule has 1 saturated heterocycles. The molecule has 0 bridgehead atoms. The van der Waals surface area contributed by atoms with E-state index < -0.39 is 0 Å². The Kier molecular flexibility index (Phi) is 5.40. The lowest BCUT2D eigenvalue weighted by Gasteiger charge is -2.33. The van der Waals surface area contributed by atoms with Crippen LogP contribution in [0.25, 0.3) is 5.65 Å². The van der Waals surface area contributed by atoms with Crippen LogP contribution in [0.15, 0.2) is 48.7 Å². The number of pyridine rings is 1. The molecule has 2 aromatic heterocycles. The number of amides is 2. The number of carbonyl (C=O) groups is 2. The van der Waals surface area contributed by atoms with Crippen molar-refractivity contribution in [3.63, 3.8) is 0 Å². The summed E-state index contributed by atoms with van der Waals surface area (Å²) in [6, 6.07) is 13.4. The summed E-state index contributed by atoms with van der Waals surface area (Å²) in [7, 11) is 0. The summed E-state index contributed by atoms with van der Waals surface area (Å²) < 4.78 is 1.67. The van der Waals surface area contributed by atoms with Gasteiger partial charge in [-0.3, -0.25) is 14.0 Å². The molecule has 7 nitrogen and oxygen atoms in total. The number of piperidine rings is 1. The van der Waals surface area contributed by atoms with Crippen molar-refractivity contribution in [1.82, 2.24) is 14.7 Å². The number of nitrogens with one attached hydrogen (secondary N) is 1. The summed E-state index contributed by atoms with van der Waals surface area (Å²) in [5.41, 5.74) is 8.43. The number of aromatic nitrogens is 2. The number of nitrogens with two attached hydrogens (primary N) is 1. The maximum absolute atomic E-state index is 12.6. The number of primary amides is 1. The summed E-state index contributed by atoms with van der Waals surface area (Å²) in [5.74, 6) is -0.615. The van der Waals surface area contributed by atoms with Crippen LogP contribution in [0.1, 0.15) is 28.9 Å². The molecule has 3 aromatic rings. The summed E-state index contributed by atoms with van der Waals surface area (Å²) in [4.78, 5) is 30.5. The SMILES string of the molecule is NC(=O)[C@H]1CCCN(c2ccc(CNC(=O)c3c(Cl)nc4ccccn34)cc2)C1. The molecule has 3 heterocycles. The summed E-state index contributed by atoms with van der Waals surface area (Å²) in [6.45, 7) is 1.93. The van der Waals surface area contributed by atoms with E-state index in [-0.39, 0.29) is 22.9 Å². The number of halogens is 1. The number of nitrogens with zero attached hydrogens (tertiary/aromatic N) is 3. The third-order valence-electron chi connectivity index (χ3n) is 5.28. The fourth-order valence-corrected chi connectivity index (χ4v) is 3.97. The van der Waals surface area contributed by atoms with Gasteiger partial charge in [0, 0.05) is 31.5 Å². The van der Waals surface area contributed by atoms with E-state index in [1.807, 2.05) is 36.4 Å². The number of imidazole rings is 1. The second-order valence-corrected chi connectivity index (χ2v) is 7.57. The van der Waals surface area contributed by atoms with Gasteiger partial charge in [0.25, 0.3) is 5.91 Å². The van der Waals surface area contributed by atoms with E-state index in [2.05, 4.69) is 15.2 Å². The van der Waals surface area contributed by atoms with Gasteiger partial charge in [-0.2, -0.15) is 0 Å². The van der Waals surface area contributed by atoms with Crippen molar-refractivity contribution in [3.8, 4) is 0 Å². The normalized spacial score (nSPS) is 16.7. The number of hydrogen-bond acceptors (Lipinski definition) is 4. The number of benzene rings is 1. The van der Waals surface area contributed by atoms with Crippen molar-refractivity contribution in [2.24, 2.45) is 11.7 Å². The third kappa shape index (κ3) is 4.05. The van der Waals surface area contributed by atoms with Crippen molar-refractivity contribution in [3.05, 3.63) is 65.1 Å². The van der Waals surface area contributed by atoms with Crippen LogP contribution in [0, 0.1) is 5.92 Å². The number of hydrogen-bond donors (Lipinski definition) is 2. The van der Waals surface area contributed by atoms with Gasteiger partial charge in [0.2, 0.25) is 5.91 Å². The highest BCUT2D eigenvalue weighted by Gasteiger charge is 2.24. The first-order valence-electron chi connectivity index (χ1n) is 9.57. The molecule has 0 spiro atoms. The van der Waals surface area contributed by atoms with E-state index in [0.29, 0.717) is 24.4 Å². The standard InChI is InChI=1S/C21H22ClN5O2/c22-19-18(27-11-2-1-5-17(27)25-19)21(29)24-12-14-6-8-16(9-7-14)26-10-3-4-15(13-26)20(23)28/h1-2,5-9,11,15H,3-4,10,12-13H2,(H2,23,28)(H,24,29)/t15-/m0/s1. The molecule has 8 heteroatoms. The molecule has 150 valence electrons. The molecular formula is C21H22ClN5O2. The van der Waals surface area contributed by atoms with Crippen molar-refractivity contribution >= 4 is 34.7 Å². The Bertz CT molecular complexity index is 1050. The van der Waals surface area contributed by atoms with E-state index in [1.165, 1.54) is 0 Å². The van der Waals surface area contributed by atoms with Crippen molar-refractivity contribution in [2.75, 3.05) is 18.0 Å². The largest absolute Gasteiger partial charge is 0.371 e. The molecule has 1 aliphatic heterocycles. The van der Waals surface area contributed by atoms with E-state index in [4.69, 9.17) is 17.3 Å². The lowest BCUT2D eigenvalue weighted by molar-refractivity contribution is -0.122. The van der Waals surface area contributed by atoms with Crippen LogP contribution in [0.5, 0.6) is 0 Å². The van der Waals surface area contributed by atoms with Gasteiger partial charge >= 0.3 is 0 Å². The highest BCUT2D eigenvalue weighted by molar-refractivity contribution is 6.32. The third-order valence-corrected chi connectivity index (χ3v) is 5.54. The van der Waals surface area contributed by atoms with Crippen LogP contribution in [0.2, 0.25) is 5.15 Å². The van der Waals surface area contributed by atoms with Gasteiger partial charge in [0.05, 0.1) is 5.92 Å². The highest BCUT2D eigenvalue weighted by Crippen LogP contribution is 2.23. The van der Waals surface area contributed by atoms with Crippen LogP contribution in [0.4, 0.5) is 5.69 Å². The zero-order chi connectivity index (χ0) is 20.4. The van der Waals surface area contributed by atoms with Crippen molar-refractivity contribution in [2.45, 2.75) is 19.4 Å². The molecular weight excluding hydrogens is 390 g/mol. The minimum Gasteiger partial charge on any atom is -0.371 e. The fourth-order valence-electron chi connectivity index (χ4n) is 3.70. The lowest BCUT2D eigenvalue weighted by Crippen LogP contribution is -2.41. The zero-order valence-electron chi connectivity index (χ0n) is 15.8. The average molecular weight is 412 g/mol. The van der Waals surface area contributed by atoms with Gasteiger partial charge in [-0.25, -0.2) is 4.98 Å². The quantitative estimate of drug-likeness (QED) is 0.675.